The van der Waals surface area contributed by atoms with Crippen LogP contribution in [0.15, 0.2) is 29.0 Å². The minimum Gasteiger partial charge on any atom is -0.341 e. The average Bonchev–Trinajstić information content (AvgIpc) is 2.90. The zero-order valence-corrected chi connectivity index (χ0v) is 13.2. The predicted octanol–water partition coefficient (Wildman–Crippen LogP) is 3.33. The van der Waals surface area contributed by atoms with E-state index in [1.54, 1.807) is 12.1 Å². The summed E-state index contributed by atoms with van der Waals surface area (Å²) in [5.74, 6) is -0.193. The summed E-state index contributed by atoms with van der Waals surface area (Å²) in [4.78, 5) is 27.2. The fraction of sp³-hybridized carbons (Fsp3) is 0.0769. The quantitative estimate of drug-likeness (QED) is 0.681. The van der Waals surface area contributed by atoms with Crippen LogP contribution in [0, 0.1) is 6.92 Å². The van der Waals surface area contributed by atoms with Gasteiger partial charge in [0.15, 0.2) is 10.8 Å². The molecule has 1 aromatic carbocycles. The van der Waals surface area contributed by atoms with E-state index in [9.17, 15) is 4.79 Å². The first-order valence-corrected chi connectivity index (χ1v) is 7.16. The number of imidazole rings is 1. The Kier molecular flexibility index (Phi) is 3.60. The SMILES string of the molecule is Cc1cc(C(=O)Nc2nc(Cl)c3[nH]cnc3n2)ccc1Br. The van der Waals surface area contributed by atoms with Crippen molar-refractivity contribution in [2.45, 2.75) is 6.92 Å². The number of anilines is 1. The number of carbonyl (C=O) groups excluding carboxylic acids is 1. The van der Waals surface area contributed by atoms with E-state index in [1.165, 1.54) is 6.33 Å². The van der Waals surface area contributed by atoms with Gasteiger partial charge in [-0.3, -0.25) is 10.1 Å². The van der Waals surface area contributed by atoms with Crippen LogP contribution in [0.2, 0.25) is 5.15 Å². The molecule has 21 heavy (non-hydrogen) atoms. The normalized spacial score (nSPS) is 10.8. The average molecular weight is 367 g/mol. The lowest BCUT2D eigenvalue weighted by atomic mass is 10.1. The highest BCUT2D eigenvalue weighted by molar-refractivity contribution is 9.10. The van der Waals surface area contributed by atoms with Crippen LogP contribution in [0.1, 0.15) is 15.9 Å². The third-order valence-corrected chi connectivity index (χ3v) is 4.05. The Balaban J connectivity index is 1.90. The van der Waals surface area contributed by atoms with Gasteiger partial charge in [0.05, 0.1) is 6.33 Å². The van der Waals surface area contributed by atoms with E-state index < -0.39 is 0 Å². The molecule has 2 N–H and O–H groups in total. The van der Waals surface area contributed by atoms with Crippen LogP contribution in [0.3, 0.4) is 0 Å². The number of hydrogen-bond acceptors (Lipinski definition) is 4. The molecule has 106 valence electrons. The van der Waals surface area contributed by atoms with Gasteiger partial charge in [-0.2, -0.15) is 9.97 Å². The molecule has 2 aromatic heterocycles. The Morgan fingerprint density at radius 3 is 2.95 bits per heavy atom. The van der Waals surface area contributed by atoms with Gasteiger partial charge in [-0.25, -0.2) is 4.98 Å². The first-order chi connectivity index (χ1) is 10.0. The molecule has 0 bridgehead atoms. The van der Waals surface area contributed by atoms with Crippen molar-refractivity contribution in [2.75, 3.05) is 5.32 Å². The van der Waals surface area contributed by atoms with Crippen molar-refractivity contribution in [1.29, 1.82) is 0 Å². The summed E-state index contributed by atoms with van der Waals surface area (Å²) in [6.45, 7) is 1.91. The summed E-state index contributed by atoms with van der Waals surface area (Å²) in [6.07, 6.45) is 1.47. The lowest BCUT2D eigenvalue weighted by molar-refractivity contribution is 0.102. The Hall–Kier alpha value is -1.99. The smallest absolute Gasteiger partial charge is 0.258 e. The van der Waals surface area contributed by atoms with Crippen LogP contribution in [0.4, 0.5) is 5.95 Å². The number of rotatable bonds is 2. The summed E-state index contributed by atoms with van der Waals surface area (Å²) in [5, 5.41) is 2.82. The summed E-state index contributed by atoms with van der Waals surface area (Å²) in [6, 6.07) is 5.30. The Labute approximate surface area is 133 Å². The number of aromatic amines is 1. The van der Waals surface area contributed by atoms with Gasteiger partial charge in [-0.05, 0) is 30.7 Å². The summed E-state index contributed by atoms with van der Waals surface area (Å²) in [5.41, 5.74) is 2.41. The van der Waals surface area contributed by atoms with E-state index in [4.69, 9.17) is 11.6 Å². The minimum absolute atomic E-state index is 0.116. The second kappa shape index (κ2) is 5.42. The maximum atomic E-state index is 12.2. The van der Waals surface area contributed by atoms with Gasteiger partial charge in [-0.1, -0.05) is 27.5 Å². The van der Waals surface area contributed by atoms with Crippen LogP contribution in [0.5, 0.6) is 0 Å². The molecule has 0 radical (unpaired) electrons. The summed E-state index contributed by atoms with van der Waals surface area (Å²) in [7, 11) is 0. The number of aromatic nitrogens is 4. The van der Waals surface area contributed by atoms with Gasteiger partial charge < -0.3 is 4.98 Å². The molecule has 6 nitrogen and oxygen atoms in total. The minimum atomic E-state index is -0.309. The zero-order chi connectivity index (χ0) is 15.0. The topological polar surface area (TPSA) is 83.6 Å². The summed E-state index contributed by atoms with van der Waals surface area (Å²) < 4.78 is 0.941. The lowest BCUT2D eigenvalue weighted by Crippen LogP contribution is -2.14. The largest absolute Gasteiger partial charge is 0.341 e. The number of aryl methyl sites for hydroxylation is 1. The molecule has 2 heterocycles. The molecule has 0 atom stereocenters. The molecule has 0 spiro atoms. The monoisotopic (exact) mass is 365 g/mol. The predicted molar refractivity (Wildman–Crippen MR) is 83.5 cm³/mol. The zero-order valence-electron chi connectivity index (χ0n) is 10.8. The van der Waals surface area contributed by atoms with Crippen molar-refractivity contribution in [3.05, 3.63) is 45.3 Å². The number of fused-ring (bicyclic) bond motifs is 1. The second-order valence-corrected chi connectivity index (χ2v) is 5.57. The van der Waals surface area contributed by atoms with Crippen molar-refractivity contribution < 1.29 is 4.79 Å². The Morgan fingerprint density at radius 1 is 1.38 bits per heavy atom. The molecule has 0 aliphatic rings. The van der Waals surface area contributed by atoms with Crippen molar-refractivity contribution in [2.24, 2.45) is 0 Å². The maximum absolute atomic E-state index is 12.2. The van der Waals surface area contributed by atoms with Gasteiger partial charge in [0.2, 0.25) is 5.95 Å². The molecule has 0 saturated heterocycles. The first kappa shape index (κ1) is 14.0. The number of nitrogens with one attached hydrogen (secondary N) is 2. The fourth-order valence-corrected chi connectivity index (χ4v) is 2.28. The third-order valence-electron chi connectivity index (χ3n) is 2.89. The van der Waals surface area contributed by atoms with E-state index >= 15 is 0 Å². The van der Waals surface area contributed by atoms with E-state index in [2.05, 4.69) is 41.2 Å². The molecule has 0 aliphatic heterocycles. The molecule has 3 aromatic rings. The molecule has 0 saturated carbocycles. The number of benzene rings is 1. The van der Waals surface area contributed by atoms with Crippen molar-refractivity contribution >= 4 is 50.6 Å². The van der Waals surface area contributed by atoms with Crippen LogP contribution in [-0.4, -0.2) is 25.8 Å². The van der Waals surface area contributed by atoms with Crippen molar-refractivity contribution in [3.63, 3.8) is 0 Å². The van der Waals surface area contributed by atoms with Gasteiger partial charge in [0.1, 0.15) is 5.52 Å². The van der Waals surface area contributed by atoms with Crippen LogP contribution >= 0.6 is 27.5 Å². The highest BCUT2D eigenvalue weighted by Crippen LogP contribution is 2.20. The molecule has 1 amide bonds. The number of halogens is 2. The van der Waals surface area contributed by atoms with Crippen molar-refractivity contribution in [3.8, 4) is 0 Å². The van der Waals surface area contributed by atoms with E-state index in [0.29, 0.717) is 16.7 Å². The van der Waals surface area contributed by atoms with E-state index in [1.807, 2.05) is 13.0 Å². The molecule has 0 fully saturated rings. The lowest BCUT2D eigenvalue weighted by Gasteiger charge is -2.06. The van der Waals surface area contributed by atoms with Gasteiger partial charge in [0, 0.05) is 10.0 Å². The highest BCUT2D eigenvalue weighted by atomic mass is 79.9. The number of nitrogens with zero attached hydrogens (tertiary/aromatic N) is 3. The Morgan fingerprint density at radius 2 is 2.19 bits per heavy atom. The van der Waals surface area contributed by atoms with Gasteiger partial charge in [0.25, 0.3) is 5.91 Å². The molecule has 8 heteroatoms. The molecule has 0 aliphatic carbocycles. The number of carbonyl (C=O) groups is 1. The van der Waals surface area contributed by atoms with Gasteiger partial charge in [-0.15, -0.1) is 0 Å². The highest BCUT2D eigenvalue weighted by Gasteiger charge is 2.12. The van der Waals surface area contributed by atoms with Crippen LogP contribution in [-0.2, 0) is 0 Å². The third kappa shape index (κ3) is 2.74. The molecule has 0 unspecified atom stereocenters. The van der Waals surface area contributed by atoms with Gasteiger partial charge >= 0.3 is 0 Å². The molecular formula is C13H9BrClN5O. The Bertz CT molecular complexity index is 848. The summed E-state index contributed by atoms with van der Waals surface area (Å²) >= 11 is 9.39. The number of amides is 1. The van der Waals surface area contributed by atoms with Crippen LogP contribution < -0.4 is 5.32 Å². The molecule has 3 rings (SSSR count). The first-order valence-electron chi connectivity index (χ1n) is 5.99. The van der Waals surface area contributed by atoms with Crippen LogP contribution in [0.25, 0.3) is 11.2 Å². The number of H-pyrrole nitrogens is 1. The van der Waals surface area contributed by atoms with E-state index in [-0.39, 0.29) is 17.0 Å². The second-order valence-electron chi connectivity index (χ2n) is 4.36. The fourth-order valence-electron chi connectivity index (χ4n) is 1.81. The molecular weight excluding hydrogens is 358 g/mol. The van der Waals surface area contributed by atoms with E-state index in [0.717, 1.165) is 10.0 Å². The number of hydrogen-bond donors (Lipinski definition) is 2. The van der Waals surface area contributed by atoms with Crippen molar-refractivity contribution in [1.82, 2.24) is 19.9 Å². The maximum Gasteiger partial charge on any atom is 0.258 e. The standard InChI is InChI=1S/C13H9BrClN5O/c1-6-4-7(2-3-8(6)14)12(21)20-13-18-10(15)9-11(19-13)17-5-16-9/h2-5H,1H3,(H2,16,17,18,19,20,21).